The summed E-state index contributed by atoms with van der Waals surface area (Å²) in [5.74, 6) is 1.01. The van der Waals surface area contributed by atoms with Crippen molar-refractivity contribution in [2.24, 2.45) is 5.92 Å². The molecule has 2 aliphatic rings. The largest absolute Gasteiger partial charge is 0.398 e. The zero-order valence-electron chi connectivity index (χ0n) is 11.2. The van der Waals surface area contributed by atoms with Crippen molar-refractivity contribution in [3.8, 4) is 0 Å². The number of nitrogen functional groups attached to an aromatic ring is 1. The number of piperazine rings is 1. The van der Waals surface area contributed by atoms with Gasteiger partial charge in [-0.25, -0.2) is 0 Å². The average Bonchev–Trinajstić information content (AvgIpc) is 3.18. The Morgan fingerprint density at radius 1 is 1.17 bits per heavy atom. The normalized spacial score (nSPS) is 21.3. The van der Waals surface area contributed by atoms with E-state index in [4.69, 9.17) is 5.73 Å². The molecule has 3 heteroatoms. The first-order chi connectivity index (χ1) is 8.72. The Labute approximate surface area is 110 Å². The van der Waals surface area contributed by atoms with Crippen molar-refractivity contribution in [1.82, 2.24) is 4.90 Å². The van der Waals surface area contributed by atoms with Gasteiger partial charge in [0.25, 0.3) is 0 Å². The molecule has 1 aliphatic heterocycles. The molecule has 0 amide bonds. The molecular formula is C15H23N3. The third-order valence-electron chi connectivity index (χ3n) is 4.21. The van der Waals surface area contributed by atoms with Gasteiger partial charge in [0.1, 0.15) is 0 Å². The lowest BCUT2D eigenvalue weighted by molar-refractivity contribution is 0.248. The number of nitrogens with zero attached hydrogens (tertiary/aromatic N) is 2. The van der Waals surface area contributed by atoms with E-state index in [-0.39, 0.29) is 0 Å². The van der Waals surface area contributed by atoms with Crippen molar-refractivity contribution in [2.75, 3.05) is 43.4 Å². The Hall–Kier alpha value is -1.22. The summed E-state index contributed by atoms with van der Waals surface area (Å²) in [7, 11) is 0. The summed E-state index contributed by atoms with van der Waals surface area (Å²) in [5, 5.41) is 0. The zero-order chi connectivity index (χ0) is 12.5. The summed E-state index contributed by atoms with van der Waals surface area (Å²) in [6, 6.07) is 6.44. The van der Waals surface area contributed by atoms with Gasteiger partial charge in [0.05, 0.1) is 0 Å². The second-order valence-electron chi connectivity index (χ2n) is 5.77. The van der Waals surface area contributed by atoms with Gasteiger partial charge in [-0.1, -0.05) is 6.07 Å². The van der Waals surface area contributed by atoms with Gasteiger partial charge < -0.3 is 10.6 Å². The fraction of sp³-hybridized carbons (Fsp3) is 0.600. The first-order valence-corrected chi connectivity index (χ1v) is 7.06. The number of nitrogens with two attached hydrogens (primary N) is 1. The van der Waals surface area contributed by atoms with Gasteiger partial charge in [-0.15, -0.1) is 0 Å². The lowest BCUT2D eigenvalue weighted by Gasteiger charge is -2.36. The molecule has 1 saturated heterocycles. The van der Waals surface area contributed by atoms with Gasteiger partial charge in [-0.05, 0) is 43.4 Å². The van der Waals surface area contributed by atoms with Crippen LogP contribution in [0.2, 0.25) is 0 Å². The lowest BCUT2D eigenvalue weighted by Crippen LogP contribution is -2.47. The molecule has 1 aliphatic carbocycles. The van der Waals surface area contributed by atoms with E-state index < -0.39 is 0 Å². The third-order valence-corrected chi connectivity index (χ3v) is 4.21. The van der Waals surface area contributed by atoms with Crippen molar-refractivity contribution < 1.29 is 0 Å². The van der Waals surface area contributed by atoms with Crippen LogP contribution in [0.25, 0.3) is 0 Å². The molecule has 0 radical (unpaired) electrons. The minimum absolute atomic E-state index is 0.910. The molecule has 3 nitrogen and oxygen atoms in total. The van der Waals surface area contributed by atoms with Crippen molar-refractivity contribution in [3.05, 3.63) is 23.8 Å². The molecule has 1 aromatic carbocycles. The summed E-state index contributed by atoms with van der Waals surface area (Å²) < 4.78 is 0. The van der Waals surface area contributed by atoms with Crippen LogP contribution in [-0.4, -0.2) is 37.6 Å². The second-order valence-corrected chi connectivity index (χ2v) is 5.77. The fourth-order valence-corrected chi connectivity index (χ4v) is 2.68. The van der Waals surface area contributed by atoms with E-state index in [1.165, 1.54) is 43.7 Å². The lowest BCUT2D eigenvalue weighted by atomic mass is 10.1. The number of benzene rings is 1. The first-order valence-electron chi connectivity index (χ1n) is 7.06. The molecule has 1 aromatic rings. The molecule has 2 fully saturated rings. The van der Waals surface area contributed by atoms with Crippen LogP contribution in [0.5, 0.6) is 0 Å². The monoisotopic (exact) mass is 245 g/mol. The smallest absolute Gasteiger partial charge is 0.0387 e. The minimum Gasteiger partial charge on any atom is -0.398 e. The Bertz CT molecular complexity index is 418. The van der Waals surface area contributed by atoms with Crippen LogP contribution in [0.3, 0.4) is 0 Å². The van der Waals surface area contributed by atoms with Crippen LogP contribution < -0.4 is 10.6 Å². The van der Waals surface area contributed by atoms with Crippen LogP contribution >= 0.6 is 0 Å². The van der Waals surface area contributed by atoms with Gasteiger partial charge in [0.15, 0.2) is 0 Å². The summed E-state index contributed by atoms with van der Waals surface area (Å²) in [5.41, 5.74) is 9.36. The van der Waals surface area contributed by atoms with E-state index in [2.05, 4.69) is 34.9 Å². The van der Waals surface area contributed by atoms with Crippen LogP contribution in [0.4, 0.5) is 11.4 Å². The van der Waals surface area contributed by atoms with E-state index in [0.717, 1.165) is 24.7 Å². The molecular weight excluding hydrogens is 222 g/mol. The summed E-state index contributed by atoms with van der Waals surface area (Å²) in [4.78, 5) is 5.07. The molecule has 3 rings (SSSR count). The van der Waals surface area contributed by atoms with E-state index in [1.54, 1.807) is 0 Å². The number of anilines is 2. The quantitative estimate of drug-likeness (QED) is 0.828. The van der Waals surface area contributed by atoms with Gasteiger partial charge in [-0.2, -0.15) is 0 Å². The van der Waals surface area contributed by atoms with E-state index in [1.807, 2.05) is 0 Å². The molecule has 18 heavy (non-hydrogen) atoms. The molecule has 98 valence electrons. The molecule has 0 unspecified atom stereocenters. The Kier molecular flexibility index (Phi) is 3.16. The number of hydrogen-bond acceptors (Lipinski definition) is 3. The number of rotatable bonds is 3. The second kappa shape index (κ2) is 4.81. The van der Waals surface area contributed by atoms with Crippen LogP contribution in [0, 0.1) is 12.8 Å². The van der Waals surface area contributed by atoms with Gasteiger partial charge in [-0.3, -0.25) is 4.90 Å². The van der Waals surface area contributed by atoms with Crippen LogP contribution in [-0.2, 0) is 0 Å². The molecule has 2 N–H and O–H groups in total. The molecule has 0 aromatic heterocycles. The minimum atomic E-state index is 0.910. The zero-order valence-corrected chi connectivity index (χ0v) is 11.2. The van der Waals surface area contributed by atoms with Gasteiger partial charge in [0, 0.05) is 44.1 Å². The van der Waals surface area contributed by atoms with E-state index >= 15 is 0 Å². The van der Waals surface area contributed by atoms with E-state index in [9.17, 15) is 0 Å². The Balaban J connectivity index is 1.59. The van der Waals surface area contributed by atoms with Crippen molar-refractivity contribution >= 4 is 11.4 Å². The van der Waals surface area contributed by atoms with Gasteiger partial charge in [0.2, 0.25) is 0 Å². The Morgan fingerprint density at radius 2 is 1.89 bits per heavy atom. The summed E-state index contributed by atoms with van der Waals surface area (Å²) in [6.45, 7) is 8.05. The predicted octanol–water partition coefficient (Wildman–Crippen LogP) is 2.11. The maximum Gasteiger partial charge on any atom is 0.0387 e. The maximum absolute atomic E-state index is 5.99. The third kappa shape index (κ3) is 2.61. The molecule has 1 heterocycles. The van der Waals surface area contributed by atoms with Crippen LogP contribution in [0.1, 0.15) is 18.4 Å². The standard InChI is InChI=1S/C15H23N3/c1-12-2-5-14(10-15(12)16)18-8-6-17(7-9-18)11-13-3-4-13/h2,5,10,13H,3-4,6-9,11,16H2,1H3. The van der Waals surface area contributed by atoms with Crippen molar-refractivity contribution in [3.63, 3.8) is 0 Å². The van der Waals surface area contributed by atoms with Crippen molar-refractivity contribution in [1.29, 1.82) is 0 Å². The number of aryl methyl sites for hydroxylation is 1. The fourth-order valence-electron chi connectivity index (χ4n) is 2.68. The Morgan fingerprint density at radius 3 is 2.50 bits per heavy atom. The molecule has 0 atom stereocenters. The predicted molar refractivity (Wildman–Crippen MR) is 77.0 cm³/mol. The summed E-state index contributed by atoms with van der Waals surface area (Å²) >= 11 is 0. The first kappa shape index (κ1) is 11.8. The van der Waals surface area contributed by atoms with E-state index in [0.29, 0.717) is 0 Å². The molecule has 0 spiro atoms. The van der Waals surface area contributed by atoms with Crippen LogP contribution in [0.15, 0.2) is 18.2 Å². The maximum atomic E-state index is 5.99. The number of hydrogen-bond donors (Lipinski definition) is 1. The highest BCUT2D eigenvalue weighted by Crippen LogP contribution is 2.30. The summed E-state index contributed by atoms with van der Waals surface area (Å²) in [6.07, 6.45) is 2.91. The topological polar surface area (TPSA) is 32.5 Å². The molecule has 1 saturated carbocycles. The average molecular weight is 245 g/mol. The highest BCUT2D eigenvalue weighted by atomic mass is 15.3. The highest BCUT2D eigenvalue weighted by molar-refractivity contribution is 5.59. The molecule has 0 bridgehead atoms. The van der Waals surface area contributed by atoms with Crippen molar-refractivity contribution in [2.45, 2.75) is 19.8 Å². The van der Waals surface area contributed by atoms with Gasteiger partial charge >= 0.3 is 0 Å². The highest BCUT2D eigenvalue weighted by Gasteiger charge is 2.26. The SMILES string of the molecule is Cc1ccc(N2CCN(CC3CC3)CC2)cc1N.